The number of rotatable bonds is 6. The van der Waals surface area contributed by atoms with Gasteiger partial charge in [0.15, 0.2) is 0 Å². The smallest absolute Gasteiger partial charge is 0.307 e. The van der Waals surface area contributed by atoms with Crippen LogP contribution in [0.2, 0.25) is 0 Å². The molecule has 1 aromatic heterocycles. The number of carbonyl (C=O) groups excluding carboxylic acids is 1. The van der Waals surface area contributed by atoms with Crippen LogP contribution in [-0.2, 0) is 16.1 Å². The van der Waals surface area contributed by atoms with Crippen molar-refractivity contribution in [2.24, 2.45) is 0 Å². The van der Waals surface area contributed by atoms with E-state index in [1.165, 1.54) is 18.2 Å². The van der Waals surface area contributed by atoms with Crippen molar-refractivity contribution >= 4 is 33.2 Å². The highest BCUT2D eigenvalue weighted by Gasteiger charge is 2.17. The van der Waals surface area contributed by atoms with Crippen molar-refractivity contribution in [2.45, 2.75) is 25.9 Å². The van der Waals surface area contributed by atoms with Gasteiger partial charge < -0.3 is 10.1 Å². The van der Waals surface area contributed by atoms with Gasteiger partial charge in [0.25, 0.3) is 0 Å². The third-order valence-corrected chi connectivity index (χ3v) is 5.14. The van der Waals surface area contributed by atoms with E-state index in [4.69, 9.17) is 4.74 Å². The fourth-order valence-corrected chi connectivity index (χ4v) is 3.12. The molecular formula is C16H18BrNO2S. The molecule has 0 spiro atoms. The molecule has 2 rings (SSSR count). The Labute approximate surface area is 137 Å². The number of thiophene rings is 1. The lowest BCUT2D eigenvalue weighted by atomic mass is 10.1. The van der Waals surface area contributed by atoms with Crippen LogP contribution in [0.4, 0.5) is 0 Å². The average molecular weight is 368 g/mol. The largest absolute Gasteiger partial charge is 0.469 e. The number of hydrogen-bond acceptors (Lipinski definition) is 4. The van der Waals surface area contributed by atoms with E-state index in [0.717, 1.165) is 9.35 Å². The first-order chi connectivity index (χ1) is 10.1. The normalized spacial score (nSPS) is 12.1. The molecule has 0 saturated heterocycles. The van der Waals surface area contributed by atoms with Crippen LogP contribution in [-0.4, -0.2) is 13.1 Å². The Bertz CT molecular complexity index is 598. The molecule has 0 bridgehead atoms. The van der Waals surface area contributed by atoms with Gasteiger partial charge in [-0.1, -0.05) is 34.1 Å². The zero-order valence-electron chi connectivity index (χ0n) is 12.1. The number of methoxy groups -OCH3 is 1. The van der Waals surface area contributed by atoms with Crippen molar-refractivity contribution in [1.29, 1.82) is 0 Å². The molecule has 0 fully saturated rings. The molecule has 0 aliphatic carbocycles. The van der Waals surface area contributed by atoms with Crippen molar-refractivity contribution in [2.75, 3.05) is 7.11 Å². The van der Waals surface area contributed by atoms with Gasteiger partial charge in [-0.25, -0.2) is 0 Å². The maximum absolute atomic E-state index is 11.6. The van der Waals surface area contributed by atoms with Gasteiger partial charge in [-0.2, -0.15) is 0 Å². The van der Waals surface area contributed by atoms with Gasteiger partial charge in [0.05, 0.1) is 19.6 Å². The lowest BCUT2D eigenvalue weighted by molar-refractivity contribution is -0.141. The highest BCUT2D eigenvalue weighted by Crippen LogP contribution is 2.23. The second-order valence-electron chi connectivity index (χ2n) is 4.81. The van der Waals surface area contributed by atoms with E-state index in [9.17, 15) is 4.79 Å². The summed E-state index contributed by atoms with van der Waals surface area (Å²) in [4.78, 5) is 12.7. The number of carbonyl (C=O) groups is 1. The molecular weight excluding hydrogens is 350 g/mol. The van der Waals surface area contributed by atoms with Crippen molar-refractivity contribution in [3.05, 3.63) is 56.2 Å². The fourth-order valence-electron chi connectivity index (χ4n) is 2.07. The molecule has 1 unspecified atom stereocenters. The van der Waals surface area contributed by atoms with Gasteiger partial charge >= 0.3 is 5.97 Å². The van der Waals surface area contributed by atoms with Gasteiger partial charge in [0.1, 0.15) is 0 Å². The summed E-state index contributed by atoms with van der Waals surface area (Å²) in [5.41, 5.74) is 2.40. The monoisotopic (exact) mass is 367 g/mol. The highest BCUT2D eigenvalue weighted by atomic mass is 79.9. The van der Waals surface area contributed by atoms with Gasteiger partial charge in [0.2, 0.25) is 0 Å². The Balaban J connectivity index is 2.04. The van der Waals surface area contributed by atoms with Gasteiger partial charge in [-0.3, -0.25) is 4.79 Å². The van der Waals surface area contributed by atoms with Gasteiger partial charge in [0, 0.05) is 15.9 Å². The molecule has 0 saturated carbocycles. The molecule has 3 nitrogen and oxygen atoms in total. The number of aryl methyl sites for hydroxylation is 1. The number of halogens is 1. The average Bonchev–Trinajstić information content (AvgIpc) is 3.00. The summed E-state index contributed by atoms with van der Waals surface area (Å²) >= 11 is 5.15. The lowest BCUT2D eigenvalue weighted by Crippen LogP contribution is -2.23. The Kier molecular flexibility index (Phi) is 5.96. The van der Waals surface area contributed by atoms with E-state index in [1.54, 1.807) is 11.3 Å². The maximum Gasteiger partial charge on any atom is 0.307 e. The minimum Gasteiger partial charge on any atom is -0.469 e. The first-order valence-corrected chi connectivity index (χ1v) is 8.36. The maximum atomic E-state index is 11.6. The zero-order chi connectivity index (χ0) is 15.2. The van der Waals surface area contributed by atoms with Crippen LogP contribution >= 0.6 is 27.3 Å². The van der Waals surface area contributed by atoms with Crippen LogP contribution < -0.4 is 5.32 Å². The van der Waals surface area contributed by atoms with Crippen LogP contribution in [0.1, 0.15) is 28.5 Å². The number of esters is 1. The van der Waals surface area contributed by atoms with Crippen molar-refractivity contribution in [1.82, 2.24) is 5.32 Å². The zero-order valence-corrected chi connectivity index (χ0v) is 14.5. The van der Waals surface area contributed by atoms with E-state index in [2.05, 4.69) is 40.3 Å². The van der Waals surface area contributed by atoms with Crippen LogP contribution in [0, 0.1) is 6.92 Å². The molecule has 1 N–H and O–H groups in total. The molecule has 5 heteroatoms. The number of ether oxygens (including phenoxy) is 1. The van der Waals surface area contributed by atoms with Crippen LogP contribution in [0.25, 0.3) is 0 Å². The summed E-state index contributed by atoms with van der Waals surface area (Å²) in [7, 11) is 1.42. The summed E-state index contributed by atoms with van der Waals surface area (Å²) in [6.07, 6.45) is 0.340. The Morgan fingerprint density at radius 2 is 2.24 bits per heavy atom. The second-order valence-corrected chi connectivity index (χ2v) is 6.65. The van der Waals surface area contributed by atoms with Crippen molar-refractivity contribution in [3.63, 3.8) is 0 Å². The predicted molar refractivity (Wildman–Crippen MR) is 89.4 cm³/mol. The molecule has 0 aliphatic heterocycles. The van der Waals surface area contributed by atoms with Crippen LogP contribution in [0.3, 0.4) is 0 Å². The fraction of sp³-hybridized carbons (Fsp3) is 0.312. The summed E-state index contributed by atoms with van der Waals surface area (Å²) in [6.45, 7) is 2.78. The third-order valence-electron chi connectivity index (χ3n) is 3.26. The van der Waals surface area contributed by atoms with E-state index >= 15 is 0 Å². The number of benzene rings is 1. The molecule has 1 aromatic carbocycles. The van der Waals surface area contributed by atoms with Gasteiger partial charge in [-0.05, 0) is 35.6 Å². The SMILES string of the molecule is COC(=O)CC(NCc1ccc(Br)c(C)c1)c1cccs1. The lowest BCUT2D eigenvalue weighted by Gasteiger charge is -2.16. The summed E-state index contributed by atoms with van der Waals surface area (Å²) < 4.78 is 5.89. The Hall–Kier alpha value is -1.17. The van der Waals surface area contributed by atoms with E-state index in [-0.39, 0.29) is 12.0 Å². The van der Waals surface area contributed by atoms with Crippen molar-refractivity contribution < 1.29 is 9.53 Å². The molecule has 0 radical (unpaired) electrons. The summed E-state index contributed by atoms with van der Waals surface area (Å²) in [5, 5.41) is 5.46. The van der Waals surface area contributed by atoms with E-state index in [0.29, 0.717) is 13.0 Å². The number of hydrogen-bond donors (Lipinski definition) is 1. The van der Waals surface area contributed by atoms with Crippen LogP contribution in [0.15, 0.2) is 40.2 Å². The van der Waals surface area contributed by atoms with Crippen molar-refractivity contribution in [3.8, 4) is 0 Å². The number of nitrogens with one attached hydrogen (secondary N) is 1. The van der Waals surface area contributed by atoms with Crippen LogP contribution in [0.5, 0.6) is 0 Å². The third kappa shape index (κ3) is 4.66. The molecule has 112 valence electrons. The first kappa shape index (κ1) is 16.2. The quantitative estimate of drug-likeness (QED) is 0.777. The summed E-state index contributed by atoms with van der Waals surface area (Å²) in [5.74, 6) is -0.201. The summed E-state index contributed by atoms with van der Waals surface area (Å²) in [6, 6.07) is 10.3. The second kappa shape index (κ2) is 7.73. The molecule has 1 heterocycles. The highest BCUT2D eigenvalue weighted by molar-refractivity contribution is 9.10. The van der Waals surface area contributed by atoms with E-state index in [1.807, 2.05) is 23.6 Å². The molecule has 1 atom stereocenters. The molecule has 21 heavy (non-hydrogen) atoms. The topological polar surface area (TPSA) is 38.3 Å². The standard InChI is InChI=1S/C16H18BrNO2S/c1-11-8-12(5-6-13(11)17)10-18-14(9-16(19)20-2)15-4-3-7-21-15/h3-8,14,18H,9-10H2,1-2H3. The predicted octanol–water partition coefficient (Wildman–Crippen LogP) is 4.21. The minimum absolute atomic E-state index is 0.0126. The first-order valence-electron chi connectivity index (χ1n) is 6.68. The molecule has 0 aliphatic rings. The minimum atomic E-state index is -0.201. The van der Waals surface area contributed by atoms with E-state index < -0.39 is 0 Å². The molecule has 2 aromatic rings. The molecule has 0 amide bonds. The Morgan fingerprint density at radius 1 is 1.43 bits per heavy atom. The van der Waals surface area contributed by atoms with Gasteiger partial charge in [-0.15, -0.1) is 11.3 Å². The Morgan fingerprint density at radius 3 is 2.86 bits per heavy atom.